The van der Waals surface area contributed by atoms with Gasteiger partial charge in [0.25, 0.3) is 0 Å². The van der Waals surface area contributed by atoms with Crippen molar-refractivity contribution in [1.82, 2.24) is 0 Å². The second-order valence-corrected chi connectivity index (χ2v) is 4.44. The standard InChI is InChI=1S/C14H9ClFN3O/c15-13-11(6-17)9(3-4-12(13)16)8-2-1-7(18)5-10(8)14(19)20/h1-5H,18H2,(H2,19,20). The van der Waals surface area contributed by atoms with Crippen molar-refractivity contribution in [3.8, 4) is 17.2 Å². The third-order valence-corrected chi connectivity index (χ3v) is 3.18. The van der Waals surface area contributed by atoms with E-state index < -0.39 is 11.7 Å². The second-order valence-electron chi connectivity index (χ2n) is 4.07. The van der Waals surface area contributed by atoms with Crippen molar-refractivity contribution in [1.29, 1.82) is 5.26 Å². The highest BCUT2D eigenvalue weighted by molar-refractivity contribution is 6.32. The molecular formula is C14H9ClFN3O. The van der Waals surface area contributed by atoms with Gasteiger partial charge in [-0.1, -0.05) is 23.7 Å². The monoisotopic (exact) mass is 289 g/mol. The molecular weight excluding hydrogens is 281 g/mol. The Balaban J connectivity index is 2.79. The Bertz CT molecular complexity index is 753. The SMILES string of the molecule is N#Cc1c(-c2ccc(N)cc2C(N)=O)ccc(F)c1Cl. The van der Waals surface area contributed by atoms with Gasteiger partial charge in [-0.05, 0) is 23.8 Å². The molecule has 2 rings (SSSR count). The average Bonchev–Trinajstić information content (AvgIpc) is 2.41. The Morgan fingerprint density at radius 1 is 1.25 bits per heavy atom. The van der Waals surface area contributed by atoms with Crippen molar-refractivity contribution >= 4 is 23.2 Å². The van der Waals surface area contributed by atoms with Gasteiger partial charge in [-0.3, -0.25) is 4.79 Å². The van der Waals surface area contributed by atoms with E-state index in [1.54, 1.807) is 12.1 Å². The van der Waals surface area contributed by atoms with Crippen LogP contribution in [0.25, 0.3) is 11.1 Å². The maximum atomic E-state index is 13.4. The normalized spacial score (nSPS) is 10.1. The molecule has 0 bridgehead atoms. The van der Waals surface area contributed by atoms with Crippen LogP contribution in [0.4, 0.5) is 10.1 Å². The molecule has 0 saturated heterocycles. The first-order chi connectivity index (χ1) is 9.45. The van der Waals surface area contributed by atoms with Crippen LogP contribution >= 0.6 is 11.6 Å². The maximum Gasteiger partial charge on any atom is 0.249 e. The number of carbonyl (C=O) groups is 1. The van der Waals surface area contributed by atoms with Crippen molar-refractivity contribution < 1.29 is 9.18 Å². The summed E-state index contributed by atoms with van der Waals surface area (Å²) in [5, 5.41) is 8.83. The van der Waals surface area contributed by atoms with Gasteiger partial charge in [-0.2, -0.15) is 5.26 Å². The Labute approximate surface area is 119 Å². The zero-order valence-electron chi connectivity index (χ0n) is 10.2. The van der Waals surface area contributed by atoms with Crippen LogP contribution in [-0.2, 0) is 0 Å². The number of nitrogens with two attached hydrogens (primary N) is 2. The molecule has 6 heteroatoms. The highest BCUT2D eigenvalue weighted by atomic mass is 35.5. The zero-order chi connectivity index (χ0) is 14.9. The van der Waals surface area contributed by atoms with E-state index in [2.05, 4.69) is 0 Å². The number of carbonyl (C=O) groups excluding carboxylic acids is 1. The summed E-state index contributed by atoms with van der Waals surface area (Å²) in [5.74, 6) is -1.40. The first kappa shape index (κ1) is 13.8. The molecule has 0 unspecified atom stereocenters. The number of halogens is 2. The largest absolute Gasteiger partial charge is 0.399 e. The van der Waals surface area contributed by atoms with Gasteiger partial charge in [0.15, 0.2) is 0 Å². The van der Waals surface area contributed by atoms with Crippen molar-refractivity contribution in [3.05, 3.63) is 52.3 Å². The number of anilines is 1. The summed E-state index contributed by atoms with van der Waals surface area (Å²) in [6.07, 6.45) is 0. The molecule has 0 atom stereocenters. The van der Waals surface area contributed by atoms with Gasteiger partial charge in [0.1, 0.15) is 11.9 Å². The topological polar surface area (TPSA) is 92.9 Å². The number of nitrogens with zero attached hydrogens (tertiary/aromatic N) is 1. The van der Waals surface area contributed by atoms with Crippen molar-refractivity contribution in [2.75, 3.05) is 5.73 Å². The summed E-state index contributed by atoms with van der Waals surface area (Å²) in [4.78, 5) is 11.5. The molecule has 0 fully saturated rings. The third-order valence-electron chi connectivity index (χ3n) is 2.81. The smallest absolute Gasteiger partial charge is 0.249 e. The highest BCUT2D eigenvalue weighted by Gasteiger charge is 2.17. The van der Waals surface area contributed by atoms with Crippen LogP contribution in [0, 0.1) is 17.1 Å². The van der Waals surface area contributed by atoms with E-state index in [9.17, 15) is 9.18 Å². The van der Waals surface area contributed by atoms with Gasteiger partial charge < -0.3 is 11.5 Å². The minimum Gasteiger partial charge on any atom is -0.399 e. The average molecular weight is 290 g/mol. The molecule has 20 heavy (non-hydrogen) atoms. The molecule has 0 aromatic heterocycles. The third kappa shape index (κ3) is 2.29. The zero-order valence-corrected chi connectivity index (χ0v) is 10.9. The minimum atomic E-state index is -0.706. The number of primary amides is 1. The molecule has 0 heterocycles. The second kappa shape index (κ2) is 5.19. The van der Waals surface area contributed by atoms with Gasteiger partial charge in [-0.25, -0.2) is 4.39 Å². The van der Waals surface area contributed by atoms with Gasteiger partial charge in [-0.15, -0.1) is 0 Å². The molecule has 1 amide bonds. The number of nitrogen functional groups attached to an aromatic ring is 1. The predicted octanol–water partition coefficient (Wildman–Crippen LogP) is 2.70. The molecule has 0 aliphatic heterocycles. The van der Waals surface area contributed by atoms with E-state index in [1.165, 1.54) is 12.1 Å². The minimum absolute atomic E-state index is 0.0565. The number of hydrogen-bond acceptors (Lipinski definition) is 3. The van der Waals surface area contributed by atoms with E-state index in [4.69, 9.17) is 28.3 Å². The summed E-state index contributed by atoms with van der Waals surface area (Å²) >= 11 is 5.77. The molecule has 0 aliphatic carbocycles. The summed E-state index contributed by atoms with van der Waals surface area (Å²) in [6.45, 7) is 0. The van der Waals surface area contributed by atoms with E-state index in [1.807, 2.05) is 6.07 Å². The molecule has 4 N–H and O–H groups in total. The quantitative estimate of drug-likeness (QED) is 0.832. The summed E-state index contributed by atoms with van der Waals surface area (Å²) in [7, 11) is 0. The van der Waals surface area contributed by atoms with Crippen LogP contribution in [0.15, 0.2) is 30.3 Å². The Hall–Kier alpha value is -2.58. The molecule has 0 saturated carbocycles. The molecule has 2 aromatic carbocycles. The van der Waals surface area contributed by atoms with Crippen molar-refractivity contribution in [2.45, 2.75) is 0 Å². The molecule has 0 spiro atoms. The Kier molecular flexibility index (Phi) is 3.59. The molecule has 0 aliphatic rings. The van der Waals surface area contributed by atoms with E-state index >= 15 is 0 Å². The van der Waals surface area contributed by atoms with Crippen LogP contribution in [0.5, 0.6) is 0 Å². The van der Waals surface area contributed by atoms with Gasteiger partial charge in [0, 0.05) is 16.8 Å². The van der Waals surface area contributed by atoms with Crippen molar-refractivity contribution in [2.24, 2.45) is 5.73 Å². The number of nitriles is 1. The fraction of sp³-hybridized carbons (Fsp3) is 0. The van der Waals surface area contributed by atoms with Gasteiger partial charge in [0.2, 0.25) is 5.91 Å². The number of hydrogen-bond donors (Lipinski definition) is 2. The van der Waals surface area contributed by atoms with Crippen LogP contribution in [0.2, 0.25) is 5.02 Å². The van der Waals surface area contributed by atoms with Gasteiger partial charge >= 0.3 is 0 Å². The lowest BCUT2D eigenvalue weighted by Gasteiger charge is -2.11. The van der Waals surface area contributed by atoms with Crippen LogP contribution in [0.3, 0.4) is 0 Å². The lowest BCUT2D eigenvalue weighted by Crippen LogP contribution is -2.13. The highest BCUT2D eigenvalue weighted by Crippen LogP contribution is 2.33. The fourth-order valence-corrected chi connectivity index (χ4v) is 2.09. The summed E-state index contributed by atoms with van der Waals surface area (Å²) in [5.41, 5.74) is 12.1. The lowest BCUT2D eigenvalue weighted by molar-refractivity contribution is 0.100. The molecule has 100 valence electrons. The maximum absolute atomic E-state index is 13.4. The van der Waals surface area contributed by atoms with Crippen LogP contribution in [0.1, 0.15) is 15.9 Å². The molecule has 4 nitrogen and oxygen atoms in total. The summed E-state index contributed by atoms with van der Waals surface area (Å²) < 4.78 is 13.4. The molecule has 0 radical (unpaired) electrons. The first-order valence-corrected chi connectivity index (χ1v) is 5.91. The fourth-order valence-electron chi connectivity index (χ4n) is 1.88. The van der Waals surface area contributed by atoms with Crippen molar-refractivity contribution in [3.63, 3.8) is 0 Å². The van der Waals surface area contributed by atoms with E-state index in [-0.39, 0.29) is 16.1 Å². The summed E-state index contributed by atoms with van der Waals surface area (Å²) in [6, 6.07) is 8.82. The Morgan fingerprint density at radius 3 is 2.50 bits per heavy atom. The number of benzene rings is 2. The van der Waals surface area contributed by atoms with Gasteiger partial charge in [0.05, 0.1) is 10.6 Å². The van der Waals surface area contributed by atoms with Crippen LogP contribution in [-0.4, -0.2) is 5.91 Å². The van der Waals surface area contributed by atoms with E-state index in [0.29, 0.717) is 16.8 Å². The number of amides is 1. The van der Waals surface area contributed by atoms with Crippen LogP contribution < -0.4 is 11.5 Å². The number of rotatable bonds is 2. The van der Waals surface area contributed by atoms with E-state index in [0.717, 1.165) is 6.07 Å². The first-order valence-electron chi connectivity index (χ1n) is 5.53. The molecule has 2 aromatic rings. The Morgan fingerprint density at radius 2 is 1.90 bits per heavy atom. The predicted molar refractivity (Wildman–Crippen MR) is 74.5 cm³/mol. The lowest BCUT2D eigenvalue weighted by atomic mass is 9.95.